The molecule has 21 heavy (non-hydrogen) atoms. The Hall–Kier alpha value is -2.47. The van der Waals surface area contributed by atoms with Crippen LogP contribution in [-0.2, 0) is 0 Å². The molecule has 3 rings (SSSR count). The van der Waals surface area contributed by atoms with Crippen LogP contribution in [0.15, 0.2) is 52.3 Å². The van der Waals surface area contributed by atoms with Gasteiger partial charge in [0.25, 0.3) is 5.91 Å². The number of hydrogen-bond donors (Lipinski definition) is 1. The molecule has 0 fully saturated rings. The normalized spacial score (nSPS) is 12.0. The fourth-order valence-electron chi connectivity index (χ4n) is 1.97. The number of nitrogens with zero attached hydrogens (tertiary/aromatic N) is 2. The van der Waals surface area contributed by atoms with Gasteiger partial charge >= 0.3 is 0 Å². The molecule has 0 saturated heterocycles. The molecule has 6 heteroatoms. The second-order valence-corrected chi connectivity index (χ2v) is 5.40. The van der Waals surface area contributed by atoms with Crippen molar-refractivity contribution >= 4 is 17.2 Å². The summed E-state index contributed by atoms with van der Waals surface area (Å²) < 4.78 is 5.48. The van der Waals surface area contributed by atoms with E-state index in [2.05, 4.69) is 15.5 Å². The molecule has 2 heterocycles. The van der Waals surface area contributed by atoms with E-state index < -0.39 is 6.04 Å². The fourth-order valence-corrected chi connectivity index (χ4v) is 2.60. The van der Waals surface area contributed by atoms with E-state index in [1.54, 1.807) is 13.0 Å². The summed E-state index contributed by atoms with van der Waals surface area (Å²) in [4.78, 5) is 12.9. The van der Waals surface area contributed by atoms with Gasteiger partial charge in [-0.2, -0.15) is 0 Å². The van der Waals surface area contributed by atoms with Crippen molar-refractivity contribution in [1.82, 2.24) is 15.5 Å². The first-order valence-electron chi connectivity index (χ1n) is 6.43. The van der Waals surface area contributed by atoms with Crippen LogP contribution in [-0.4, -0.2) is 16.1 Å². The first kappa shape index (κ1) is 13.5. The van der Waals surface area contributed by atoms with Crippen LogP contribution in [0.2, 0.25) is 0 Å². The minimum Gasteiger partial charge on any atom is -0.423 e. The number of rotatable bonds is 4. The van der Waals surface area contributed by atoms with E-state index in [4.69, 9.17) is 4.42 Å². The van der Waals surface area contributed by atoms with Gasteiger partial charge < -0.3 is 9.73 Å². The number of aromatic nitrogens is 2. The van der Waals surface area contributed by atoms with E-state index in [0.717, 1.165) is 5.56 Å². The summed E-state index contributed by atoms with van der Waals surface area (Å²) >= 11 is 1.39. The Morgan fingerprint density at radius 2 is 2.00 bits per heavy atom. The van der Waals surface area contributed by atoms with Gasteiger partial charge in [-0.15, -0.1) is 21.5 Å². The standard InChI is InChI=1S/C15H13N3O2S/c1-10-17-18-15(20-10)13(11-6-3-2-4-7-11)16-14(19)12-8-5-9-21-12/h2-9,13H,1H3,(H,16,19). The lowest BCUT2D eigenvalue weighted by Crippen LogP contribution is -2.29. The van der Waals surface area contributed by atoms with E-state index in [1.165, 1.54) is 11.3 Å². The van der Waals surface area contributed by atoms with Gasteiger partial charge in [-0.3, -0.25) is 4.79 Å². The number of nitrogens with one attached hydrogen (secondary N) is 1. The summed E-state index contributed by atoms with van der Waals surface area (Å²) in [5, 5.41) is 12.7. The first-order valence-corrected chi connectivity index (χ1v) is 7.31. The van der Waals surface area contributed by atoms with Crippen LogP contribution < -0.4 is 5.32 Å². The highest BCUT2D eigenvalue weighted by atomic mass is 32.1. The van der Waals surface area contributed by atoms with Gasteiger partial charge in [0, 0.05) is 6.92 Å². The molecule has 0 bridgehead atoms. The van der Waals surface area contributed by atoms with Crippen LogP contribution in [0, 0.1) is 6.92 Å². The van der Waals surface area contributed by atoms with Gasteiger partial charge in [-0.05, 0) is 17.0 Å². The highest BCUT2D eigenvalue weighted by Gasteiger charge is 2.23. The molecule has 2 aromatic heterocycles. The van der Waals surface area contributed by atoms with Crippen LogP contribution >= 0.6 is 11.3 Å². The monoisotopic (exact) mass is 299 g/mol. The molecule has 5 nitrogen and oxygen atoms in total. The summed E-state index contributed by atoms with van der Waals surface area (Å²) in [7, 11) is 0. The van der Waals surface area contributed by atoms with Gasteiger partial charge in [-0.25, -0.2) is 0 Å². The molecule has 0 aliphatic carbocycles. The number of thiophene rings is 1. The van der Waals surface area contributed by atoms with E-state index in [0.29, 0.717) is 16.7 Å². The highest BCUT2D eigenvalue weighted by molar-refractivity contribution is 7.12. The summed E-state index contributed by atoms with van der Waals surface area (Å²) in [6.45, 7) is 1.72. The van der Waals surface area contributed by atoms with E-state index in [9.17, 15) is 4.79 Å². The molecule has 1 aromatic carbocycles. The Kier molecular flexibility index (Phi) is 3.79. The molecule has 0 spiro atoms. The van der Waals surface area contributed by atoms with Crippen LogP contribution in [0.3, 0.4) is 0 Å². The summed E-state index contributed by atoms with van der Waals surface area (Å²) in [6.07, 6.45) is 0. The van der Waals surface area contributed by atoms with Crippen LogP contribution in [0.4, 0.5) is 0 Å². The average molecular weight is 299 g/mol. The van der Waals surface area contributed by atoms with Gasteiger partial charge in [0.15, 0.2) is 0 Å². The minimum atomic E-state index is -0.456. The molecule has 0 saturated carbocycles. The van der Waals surface area contributed by atoms with Crippen molar-refractivity contribution < 1.29 is 9.21 Å². The van der Waals surface area contributed by atoms with Crippen molar-refractivity contribution in [3.05, 3.63) is 70.1 Å². The Morgan fingerprint density at radius 1 is 1.19 bits per heavy atom. The number of carbonyl (C=O) groups excluding carboxylic acids is 1. The predicted molar refractivity (Wildman–Crippen MR) is 79.1 cm³/mol. The number of carbonyl (C=O) groups is 1. The smallest absolute Gasteiger partial charge is 0.262 e. The number of amides is 1. The third-order valence-electron chi connectivity index (χ3n) is 2.94. The maximum Gasteiger partial charge on any atom is 0.262 e. The zero-order valence-electron chi connectivity index (χ0n) is 11.3. The van der Waals surface area contributed by atoms with Crippen molar-refractivity contribution in [1.29, 1.82) is 0 Å². The van der Waals surface area contributed by atoms with Crippen molar-refractivity contribution in [3.8, 4) is 0 Å². The van der Waals surface area contributed by atoms with Crippen LogP contribution in [0.1, 0.15) is 33.1 Å². The molecule has 106 valence electrons. The number of benzene rings is 1. The van der Waals surface area contributed by atoms with Crippen molar-refractivity contribution in [2.24, 2.45) is 0 Å². The van der Waals surface area contributed by atoms with Crippen molar-refractivity contribution in [3.63, 3.8) is 0 Å². The van der Waals surface area contributed by atoms with Crippen molar-refractivity contribution in [2.45, 2.75) is 13.0 Å². The lowest BCUT2D eigenvalue weighted by atomic mass is 10.1. The minimum absolute atomic E-state index is 0.158. The average Bonchev–Trinajstić information content (AvgIpc) is 3.17. The Morgan fingerprint density at radius 3 is 2.62 bits per heavy atom. The Labute approximate surface area is 125 Å². The second kappa shape index (κ2) is 5.88. The Balaban J connectivity index is 1.91. The largest absolute Gasteiger partial charge is 0.423 e. The molecule has 1 atom stereocenters. The van der Waals surface area contributed by atoms with Gasteiger partial charge in [-0.1, -0.05) is 36.4 Å². The van der Waals surface area contributed by atoms with Crippen LogP contribution in [0.25, 0.3) is 0 Å². The molecule has 0 radical (unpaired) electrons. The Bertz CT molecular complexity index is 722. The molecule has 1 unspecified atom stereocenters. The number of aryl methyl sites for hydroxylation is 1. The van der Waals surface area contributed by atoms with Crippen molar-refractivity contribution in [2.75, 3.05) is 0 Å². The topological polar surface area (TPSA) is 68.0 Å². The second-order valence-electron chi connectivity index (χ2n) is 4.45. The van der Waals surface area contributed by atoms with Crippen LogP contribution in [0.5, 0.6) is 0 Å². The lowest BCUT2D eigenvalue weighted by Gasteiger charge is -2.15. The molecule has 0 aliphatic heterocycles. The molecule has 1 N–H and O–H groups in total. The molecule has 0 aliphatic rings. The molecule has 3 aromatic rings. The zero-order chi connectivity index (χ0) is 14.7. The third kappa shape index (κ3) is 3.00. The van der Waals surface area contributed by atoms with E-state index in [-0.39, 0.29) is 5.91 Å². The zero-order valence-corrected chi connectivity index (χ0v) is 12.1. The maximum atomic E-state index is 12.3. The number of hydrogen-bond acceptors (Lipinski definition) is 5. The fraction of sp³-hybridized carbons (Fsp3) is 0.133. The van der Waals surface area contributed by atoms with Gasteiger partial charge in [0.05, 0.1) is 4.88 Å². The van der Waals surface area contributed by atoms with Gasteiger partial charge in [0.2, 0.25) is 11.8 Å². The third-order valence-corrected chi connectivity index (χ3v) is 3.81. The summed E-state index contributed by atoms with van der Waals surface area (Å²) in [5.74, 6) is 0.689. The summed E-state index contributed by atoms with van der Waals surface area (Å²) in [5.41, 5.74) is 0.894. The molecular weight excluding hydrogens is 286 g/mol. The first-order chi connectivity index (χ1) is 10.2. The molecular formula is C15H13N3O2S. The lowest BCUT2D eigenvalue weighted by molar-refractivity contribution is 0.0941. The SMILES string of the molecule is Cc1nnc(C(NC(=O)c2cccs2)c2ccccc2)o1. The van der Waals surface area contributed by atoms with E-state index >= 15 is 0 Å². The molecule has 1 amide bonds. The maximum absolute atomic E-state index is 12.3. The van der Waals surface area contributed by atoms with Gasteiger partial charge in [0.1, 0.15) is 6.04 Å². The summed E-state index contributed by atoms with van der Waals surface area (Å²) in [6, 6.07) is 12.7. The predicted octanol–water partition coefficient (Wildman–Crippen LogP) is 2.96. The quantitative estimate of drug-likeness (QED) is 0.804. The highest BCUT2D eigenvalue weighted by Crippen LogP contribution is 2.22. The van der Waals surface area contributed by atoms with E-state index in [1.807, 2.05) is 41.8 Å².